The molecule has 10 heteroatoms. The quantitative estimate of drug-likeness (QED) is 0.424. The first-order valence-corrected chi connectivity index (χ1v) is 11.4. The third-order valence-corrected chi connectivity index (χ3v) is 6.04. The zero-order valence-corrected chi connectivity index (χ0v) is 19.0. The van der Waals surface area contributed by atoms with Crippen LogP contribution in [0.15, 0.2) is 82.3 Å². The van der Waals surface area contributed by atoms with E-state index in [9.17, 15) is 4.79 Å². The smallest absolute Gasteiger partial charge is 0.317 e. The Hall–Kier alpha value is -5.04. The number of anilines is 3. The van der Waals surface area contributed by atoms with Crippen LogP contribution in [0.4, 0.5) is 17.5 Å². The van der Waals surface area contributed by atoms with E-state index in [1.54, 1.807) is 12.3 Å². The fourth-order valence-corrected chi connectivity index (χ4v) is 4.21. The molecular weight excluding hydrogens is 456 g/mol. The number of aromatic nitrogens is 3. The van der Waals surface area contributed by atoms with Gasteiger partial charge in [0, 0.05) is 17.3 Å². The summed E-state index contributed by atoms with van der Waals surface area (Å²) < 4.78 is 5.88. The van der Waals surface area contributed by atoms with E-state index >= 15 is 0 Å². The zero-order chi connectivity index (χ0) is 24.5. The van der Waals surface area contributed by atoms with Gasteiger partial charge in [0.2, 0.25) is 6.17 Å². The lowest BCUT2D eigenvalue weighted by Gasteiger charge is -2.33. The second-order valence-corrected chi connectivity index (χ2v) is 8.40. The van der Waals surface area contributed by atoms with Crippen LogP contribution in [0, 0.1) is 6.57 Å². The lowest BCUT2D eigenvalue weighted by molar-refractivity contribution is -0.116. The Kier molecular flexibility index (Phi) is 5.35. The van der Waals surface area contributed by atoms with E-state index in [-0.39, 0.29) is 23.9 Å². The molecule has 176 valence electrons. The van der Waals surface area contributed by atoms with Crippen LogP contribution in [0.25, 0.3) is 16.3 Å². The van der Waals surface area contributed by atoms with Crippen LogP contribution in [0.5, 0.6) is 0 Å². The molecule has 2 aromatic heterocycles. The molecule has 36 heavy (non-hydrogen) atoms. The van der Waals surface area contributed by atoms with Gasteiger partial charge in [-0.25, -0.2) is 16.5 Å². The van der Waals surface area contributed by atoms with Crippen molar-refractivity contribution >= 4 is 29.1 Å². The van der Waals surface area contributed by atoms with Gasteiger partial charge in [-0.2, -0.15) is 0 Å². The van der Waals surface area contributed by atoms with E-state index in [0.29, 0.717) is 35.9 Å². The van der Waals surface area contributed by atoms with Crippen LogP contribution in [-0.2, 0) is 4.79 Å². The van der Waals surface area contributed by atoms with Gasteiger partial charge in [0.25, 0.3) is 17.8 Å². The number of amides is 1. The number of fused-ring (bicyclic) bond motifs is 1. The molecule has 10 nitrogen and oxygen atoms in total. The SMILES string of the molecule is [C-]#[N+]C1CN(c2ncccc2-c2nnc(NC3N=C(c4ccccc4)c4ccccc4NC3=O)o2)C1. The highest BCUT2D eigenvalue weighted by Crippen LogP contribution is 2.32. The fraction of sp³-hybridized carbons (Fsp3) is 0.154. The van der Waals surface area contributed by atoms with Crippen LogP contribution in [0.2, 0.25) is 0 Å². The van der Waals surface area contributed by atoms with Crippen molar-refractivity contribution in [1.29, 1.82) is 0 Å². The molecule has 4 aromatic rings. The normalized spacial score (nSPS) is 17.2. The first-order chi connectivity index (χ1) is 17.7. The van der Waals surface area contributed by atoms with Crippen molar-refractivity contribution in [3.8, 4) is 11.5 Å². The highest BCUT2D eigenvalue weighted by atomic mass is 16.4. The summed E-state index contributed by atoms with van der Waals surface area (Å²) in [6, 6.07) is 20.9. The minimum Gasteiger partial charge on any atom is -0.403 e. The van der Waals surface area contributed by atoms with Crippen LogP contribution in [0.3, 0.4) is 0 Å². The van der Waals surface area contributed by atoms with E-state index < -0.39 is 6.17 Å². The largest absolute Gasteiger partial charge is 0.403 e. The van der Waals surface area contributed by atoms with Gasteiger partial charge in [-0.1, -0.05) is 53.6 Å². The van der Waals surface area contributed by atoms with Crippen molar-refractivity contribution in [1.82, 2.24) is 15.2 Å². The summed E-state index contributed by atoms with van der Waals surface area (Å²) in [5.41, 5.74) is 3.70. The van der Waals surface area contributed by atoms with Crippen molar-refractivity contribution in [3.63, 3.8) is 0 Å². The molecule has 2 aromatic carbocycles. The summed E-state index contributed by atoms with van der Waals surface area (Å²) in [6.07, 6.45) is 0.691. The first kappa shape index (κ1) is 21.5. The van der Waals surface area contributed by atoms with Gasteiger partial charge in [0.05, 0.1) is 30.1 Å². The number of nitrogens with one attached hydrogen (secondary N) is 2. The molecule has 2 aliphatic rings. The van der Waals surface area contributed by atoms with E-state index in [0.717, 1.165) is 11.1 Å². The summed E-state index contributed by atoms with van der Waals surface area (Å²) in [7, 11) is 0. The molecule has 1 fully saturated rings. The lowest BCUT2D eigenvalue weighted by atomic mass is 10.0. The van der Waals surface area contributed by atoms with Crippen molar-refractivity contribution < 1.29 is 9.21 Å². The average molecular weight is 477 g/mol. The van der Waals surface area contributed by atoms with Gasteiger partial charge in [0.15, 0.2) is 0 Å². The molecule has 0 spiro atoms. The fourth-order valence-electron chi connectivity index (χ4n) is 4.21. The standard InChI is InChI=1S/C26H20N8O2/c1-27-17-14-34(15-17)23-19(11-7-13-28-23)25-32-33-26(36-25)31-22-24(35)29-20-12-6-5-10-18(20)21(30-22)16-8-3-2-4-9-16/h2-13,17,22H,14-15H2,(H,29,35)(H,31,33). The van der Waals surface area contributed by atoms with Crippen molar-refractivity contribution in [2.45, 2.75) is 12.2 Å². The molecule has 4 heterocycles. The lowest BCUT2D eigenvalue weighted by Crippen LogP contribution is -2.49. The van der Waals surface area contributed by atoms with Gasteiger partial charge in [-0.3, -0.25) is 4.79 Å². The molecule has 1 atom stereocenters. The number of nitrogens with zero attached hydrogens (tertiary/aromatic N) is 6. The Morgan fingerprint density at radius 3 is 2.61 bits per heavy atom. The summed E-state index contributed by atoms with van der Waals surface area (Å²) in [6.45, 7) is 8.39. The third kappa shape index (κ3) is 3.92. The van der Waals surface area contributed by atoms with Gasteiger partial charge >= 0.3 is 6.01 Å². The molecule has 0 radical (unpaired) electrons. The van der Waals surface area contributed by atoms with Gasteiger partial charge in [-0.15, -0.1) is 5.10 Å². The number of hydrogen-bond donors (Lipinski definition) is 2. The number of carbonyl (C=O) groups excluding carboxylic acids is 1. The second-order valence-electron chi connectivity index (χ2n) is 8.40. The summed E-state index contributed by atoms with van der Waals surface area (Å²) >= 11 is 0. The molecule has 0 saturated carbocycles. The summed E-state index contributed by atoms with van der Waals surface area (Å²) in [5.74, 6) is 0.594. The van der Waals surface area contributed by atoms with Crippen LogP contribution in [0.1, 0.15) is 11.1 Å². The average Bonchev–Trinajstić information content (AvgIpc) is 3.30. The summed E-state index contributed by atoms with van der Waals surface area (Å²) in [4.78, 5) is 27.8. The monoisotopic (exact) mass is 476 g/mol. The first-order valence-electron chi connectivity index (χ1n) is 11.4. The molecular formula is C26H20N8O2. The number of hydrogen-bond acceptors (Lipinski definition) is 8. The molecule has 1 amide bonds. The van der Waals surface area contributed by atoms with E-state index in [1.807, 2.05) is 65.6 Å². The Bertz CT molecular complexity index is 1500. The summed E-state index contributed by atoms with van der Waals surface area (Å²) in [5, 5.41) is 14.2. The van der Waals surface area contributed by atoms with Gasteiger partial charge in [-0.05, 0) is 18.2 Å². The Morgan fingerprint density at radius 2 is 1.78 bits per heavy atom. The topological polar surface area (TPSA) is 113 Å². The predicted octanol–water partition coefficient (Wildman–Crippen LogP) is 3.47. The molecule has 2 N–H and O–H groups in total. The van der Waals surface area contributed by atoms with Crippen molar-refractivity contribution in [2.24, 2.45) is 4.99 Å². The highest BCUT2D eigenvalue weighted by Gasteiger charge is 2.35. The number of rotatable bonds is 5. The maximum atomic E-state index is 13.1. The predicted molar refractivity (Wildman–Crippen MR) is 135 cm³/mol. The van der Waals surface area contributed by atoms with Crippen LogP contribution >= 0.6 is 0 Å². The van der Waals surface area contributed by atoms with Crippen molar-refractivity contribution in [2.75, 3.05) is 28.6 Å². The minimum atomic E-state index is -0.996. The Morgan fingerprint density at radius 1 is 1.00 bits per heavy atom. The second kappa shape index (κ2) is 8.96. The maximum absolute atomic E-state index is 13.1. The number of pyridine rings is 1. The minimum absolute atomic E-state index is 0.0330. The molecule has 1 saturated heterocycles. The number of para-hydroxylation sites is 1. The van der Waals surface area contributed by atoms with Gasteiger partial charge < -0.3 is 24.8 Å². The van der Waals surface area contributed by atoms with E-state index in [4.69, 9.17) is 16.0 Å². The molecule has 2 aliphatic heterocycles. The van der Waals surface area contributed by atoms with Crippen LogP contribution < -0.4 is 15.5 Å². The molecule has 0 bridgehead atoms. The molecule has 1 unspecified atom stereocenters. The van der Waals surface area contributed by atoms with Crippen molar-refractivity contribution in [3.05, 3.63) is 95.5 Å². The number of carbonyl (C=O) groups is 1. The molecule has 6 rings (SSSR count). The Balaban J connectivity index is 1.31. The van der Waals surface area contributed by atoms with Crippen LogP contribution in [-0.4, -0.2) is 52.1 Å². The van der Waals surface area contributed by atoms with Gasteiger partial charge in [0.1, 0.15) is 5.82 Å². The zero-order valence-electron chi connectivity index (χ0n) is 19.0. The van der Waals surface area contributed by atoms with E-state index in [1.165, 1.54) is 0 Å². The molecule has 0 aliphatic carbocycles. The van der Waals surface area contributed by atoms with E-state index in [2.05, 4.69) is 30.7 Å². The number of aliphatic imine (C=N–C) groups is 1. The number of benzodiazepines with no additional fused rings is 1. The highest BCUT2D eigenvalue weighted by molar-refractivity contribution is 6.19. The number of benzene rings is 2. The third-order valence-electron chi connectivity index (χ3n) is 6.04. The maximum Gasteiger partial charge on any atom is 0.317 e. The Labute approximate surface area is 206 Å².